The Hall–Kier alpha value is -4.38. The fourth-order valence-electron chi connectivity index (χ4n) is 5.60. The highest BCUT2D eigenvalue weighted by molar-refractivity contribution is 5.62. The van der Waals surface area contributed by atoms with Crippen molar-refractivity contribution in [3.8, 4) is 11.4 Å². The lowest BCUT2D eigenvalue weighted by Crippen LogP contribution is -2.40. The molecular formula is C28H28FN9O. The van der Waals surface area contributed by atoms with Gasteiger partial charge in [0.15, 0.2) is 5.65 Å². The molecule has 2 aliphatic rings. The van der Waals surface area contributed by atoms with Crippen LogP contribution < -0.4 is 9.80 Å². The summed E-state index contributed by atoms with van der Waals surface area (Å²) in [6.07, 6.45) is 5.38. The minimum atomic E-state index is -0.258. The molecule has 0 bridgehead atoms. The average molecular weight is 526 g/mol. The second kappa shape index (κ2) is 10.1. The van der Waals surface area contributed by atoms with E-state index in [1.165, 1.54) is 6.07 Å². The molecule has 1 N–H and O–H groups in total. The SMILES string of the molecule is Fc1cccc(C2COCCN2c2ccc3ncc(-c4cccc(N5CCC(c6ncn[nH]6)CC5)n4)n3n2)c1. The molecule has 39 heavy (non-hydrogen) atoms. The van der Waals surface area contributed by atoms with Crippen molar-refractivity contribution in [1.29, 1.82) is 0 Å². The number of imidazole rings is 1. The van der Waals surface area contributed by atoms with Gasteiger partial charge in [-0.1, -0.05) is 18.2 Å². The van der Waals surface area contributed by atoms with Gasteiger partial charge in [-0.2, -0.15) is 5.10 Å². The summed E-state index contributed by atoms with van der Waals surface area (Å²) in [6.45, 7) is 3.50. The number of H-pyrrole nitrogens is 1. The Kier molecular flexibility index (Phi) is 6.12. The van der Waals surface area contributed by atoms with Crippen LogP contribution in [0.1, 0.15) is 36.2 Å². The summed E-state index contributed by atoms with van der Waals surface area (Å²) in [5.74, 6) is 2.82. The lowest BCUT2D eigenvalue weighted by atomic mass is 9.96. The number of pyridine rings is 1. The fourth-order valence-corrected chi connectivity index (χ4v) is 5.60. The van der Waals surface area contributed by atoms with Crippen LogP contribution in [0.3, 0.4) is 0 Å². The molecule has 0 radical (unpaired) electrons. The molecule has 2 saturated heterocycles. The number of ether oxygens (including phenoxy) is 1. The second-order valence-corrected chi connectivity index (χ2v) is 9.96. The average Bonchev–Trinajstić information content (AvgIpc) is 3.68. The van der Waals surface area contributed by atoms with Crippen LogP contribution in [0.5, 0.6) is 0 Å². The summed E-state index contributed by atoms with van der Waals surface area (Å²) in [6, 6.07) is 16.6. The fraction of sp³-hybridized carbons (Fsp3) is 0.321. The first-order chi connectivity index (χ1) is 19.2. The highest BCUT2D eigenvalue weighted by Crippen LogP contribution is 2.31. The Morgan fingerprint density at radius 1 is 0.949 bits per heavy atom. The van der Waals surface area contributed by atoms with Crippen LogP contribution in [0.4, 0.5) is 16.0 Å². The van der Waals surface area contributed by atoms with Crippen molar-refractivity contribution in [1.82, 2.24) is 34.8 Å². The smallest absolute Gasteiger partial charge is 0.154 e. The number of aromatic amines is 1. The number of halogens is 1. The minimum Gasteiger partial charge on any atom is -0.377 e. The molecule has 11 heteroatoms. The number of fused-ring (bicyclic) bond motifs is 1. The van der Waals surface area contributed by atoms with Gasteiger partial charge < -0.3 is 14.5 Å². The molecule has 2 aliphatic heterocycles. The molecule has 1 unspecified atom stereocenters. The molecule has 2 fully saturated rings. The van der Waals surface area contributed by atoms with Gasteiger partial charge >= 0.3 is 0 Å². The van der Waals surface area contributed by atoms with E-state index >= 15 is 0 Å². The molecule has 10 nitrogen and oxygen atoms in total. The number of rotatable bonds is 5. The van der Waals surface area contributed by atoms with Gasteiger partial charge in [0, 0.05) is 25.6 Å². The van der Waals surface area contributed by atoms with E-state index in [1.807, 2.05) is 41.0 Å². The summed E-state index contributed by atoms with van der Waals surface area (Å²) in [4.78, 5) is 18.4. The predicted molar refractivity (Wildman–Crippen MR) is 144 cm³/mol. The van der Waals surface area contributed by atoms with Crippen LogP contribution >= 0.6 is 0 Å². The zero-order valence-electron chi connectivity index (χ0n) is 21.3. The zero-order valence-corrected chi connectivity index (χ0v) is 21.3. The third-order valence-corrected chi connectivity index (χ3v) is 7.64. The number of aromatic nitrogens is 7. The summed E-state index contributed by atoms with van der Waals surface area (Å²) in [5, 5.41) is 12.0. The quantitative estimate of drug-likeness (QED) is 0.367. The van der Waals surface area contributed by atoms with E-state index in [4.69, 9.17) is 14.8 Å². The van der Waals surface area contributed by atoms with Crippen molar-refractivity contribution in [2.24, 2.45) is 0 Å². The van der Waals surface area contributed by atoms with Gasteiger partial charge in [0.1, 0.15) is 35.3 Å². The maximum Gasteiger partial charge on any atom is 0.154 e. The van der Waals surface area contributed by atoms with E-state index in [0.717, 1.165) is 66.0 Å². The van der Waals surface area contributed by atoms with Gasteiger partial charge in [-0.3, -0.25) is 5.10 Å². The zero-order chi connectivity index (χ0) is 26.2. The first kappa shape index (κ1) is 23.7. The number of piperidine rings is 1. The molecule has 0 amide bonds. The maximum absolute atomic E-state index is 14.0. The number of benzene rings is 1. The predicted octanol–water partition coefficient (Wildman–Crippen LogP) is 4.01. The van der Waals surface area contributed by atoms with Crippen LogP contribution in [0, 0.1) is 5.82 Å². The van der Waals surface area contributed by atoms with Crippen molar-refractivity contribution in [2.45, 2.75) is 24.8 Å². The molecule has 198 valence electrons. The number of morpholine rings is 1. The van der Waals surface area contributed by atoms with E-state index < -0.39 is 0 Å². The summed E-state index contributed by atoms with van der Waals surface area (Å²) in [5.41, 5.74) is 3.24. The molecule has 0 saturated carbocycles. The van der Waals surface area contributed by atoms with Crippen LogP contribution in [-0.4, -0.2) is 67.6 Å². The van der Waals surface area contributed by atoms with Crippen molar-refractivity contribution in [3.05, 3.63) is 84.3 Å². The number of hydrogen-bond acceptors (Lipinski definition) is 8. The maximum atomic E-state index is 14.0. The number of hydrogen-bond donors (Lipinski definition) is 1. The Morgan fingerprint density at radius 2 is 1.85 bits per heavy atom. The van der Waals surface area contributed by atoms with Gasteiger partial charge in [0.05, 0.1) is 31.1 Å². The lowest BCUT2D eigenvalue weighted by molar-refractivity contribution is 0.0935. The van der Waals surface area contributed by atoms with Crippen molar-refractivity contribution in [3.63, 3.8) is 0 Å². The Bertz CT molecular complexity index is 1580. The molecule has 6 heterocycles. The highest BCUT2D eigenvalue weighted by Gasteiger charge is 2.27. The van der Waals surface area contributed by atoms with Crippen LogP contribution in [-0.2, 0) is 4.74 Å². The molecule has 1 atom stereocenters. The van der Waals surface area contributed by atoms with Gasteiger partial charge in [0.2, 0.25) is 0 Å². The molecule has 0 aliphatic carbocycles. The third-order valence-electron chi connectivity index (χ3n) is 7.64. The van der Waals surface area contributed by atoms with Crippen LogP contribution in [0.2, 0.25) is 0 Å². The Labute approximate surface area is 224 Å². The van der Waals surface area contributed by atoms with E-state index in [2.05, 4.69) is 36.0 Å². The van der Waals surface area contributed by atoms with E-state index in [-0.39, 0.29) is 11.9 Å². The van der Waals surface area contributed by atoms with Crippen molar-refractivity contribution < 1.29 is 9.13 Å². The molecule has 7 rings (SSSR count). The van der Waals surface area contributed by atoms with E-state index in [0.29, 0.717) is 25.7 Å². The normalized spacial score (nSPS) is 18.6. The largest absolute Gasteiger partial charge is 0.377 e. The first-order valence-corrected chi connectivity index (χ1v) is 13.3. The monoisotopic (exact) mass is 525 g/mol. The third kappa shape index (κ3) is 4.59. The van der Waals surface area contributed by atoms with Gasteiger partial charge in [-0.05, 0) is 54.8 Å². The Balaban J connectivity index is 1.17. The number of nitrogens with zero attached hydrogens (tertiary/aromatic N) is 8. The van der Waals surface area contributed by atoms with Gasteiger partial charge in [-0.15, -0.1) is 5.10 Å². The summed E-state index contributed by atoms with van der Waals surface area (Å²) in [7, 11) is 0. The highest BCUT2D eigenvalue weighted by atomic mass is 19.1. The van der Waals surface area contributed by atoms with Gasteiger partial charge in [0.25, 0.3) is 0 Å². The molecule has 4 aromatic heterocycles. The molecular weight excluding hydrogens is 497 g/mol. The van der Waals surface area contributed by atoms with Crippen molar-refractivity contribution >= 4 is 17.3 Å². The van der Waals surface area contributed by atoms with Crippen LogP contribution in [0.15, 0.2) is 67.1 Å². The van der Waals surface area contributed by atoms with Crippen LogP contribution in [0.25, 0.3) is 17.0 Å². The van der Waals surface area contributed by atoms with Gasteiger partial charge in [-0.25, -0.2) is 23.9 Å². The second-order valence-electron chi connectivity index (χ2n) is 9.96. The standard InChI is InChI=1S/C28H28FN9O/c29-21-4-1-3-20(15-21)24-17-39-14-13-37(24)27-8-7-25-30-16-23(38(25)35-27)22-5-2-6-26(33-22)36-11-9-19(10-12-36)28-31-18-32-34-28/h1-8,15-16,18-19,24H,9-14,17H2,(H,31,32,34). The summed E-state index contributed by atoms with van der Waals surface area (Å²) < 4.78 is 21.6. The molecule has 1 aromatic carbocycles. The number of nitrogens with one attached hydrogen (secondary N) is 1. The lowest BCUT2D eigenvalue weighted by Gasteiger charge is -2.36. The number of anilines is 2. The minimum absolute atomic E-state index is 0.132. The summed E-state index contributed by atoms with van der Waals surface area (Å²) >= 11 is 0. The first-order valence-electron chi connectivity index (χ1n) is 13.3. The molecule has 5 aromatic rings. The van der Waals surface area contributed by atoms with Crippen molar-refractivity contribution in [2.75, 3.05) is 42.6 Å². The Morgan fingerprint density at radius 3 is 2.69 bits per heavy atom. The van der Waals surface area contributed by atoms with E-state index in [9.17, 15) is 4.39 Å². The van der Waals surface area contributed by atoms with E-state index in [1.54, 1.807) is 18.5 Å². The molecule has 0 spiro atoms. The topological polar surface area (TPSA) is 100 Å².